The Labute approximate surface area is 373 Å². The van der Waals surface area contributed by atoms with Gasteiger partial charge in [-0.3, -0.25) is 33.6 Å². The van der Waals surface area contributed by atoms with Crippen molar-refractivity contribution in [3.8, 4) is 0 Å². The van der Waals surface area contributed by atoms with Crippen LogP contribution in [0.2, 0.25) is 0 Å². The van der Waals surface area contributed by atoms with E-state index in [1.54, 1.807) is 13.8 Å². The van der Waals surface area contributed by atoms with E-state index in [4.69, 9.17) is 58.5 Å². The fourth-order valence-corrected chi connectivity index (χ4v) is 14.8. The quantitative estimate of drug-likeness (QED) is 0.123. The number of rotatable bonds is 7. The van der Waals surface area contributed by atoms with Gasteiger partial charge in [-0.05, 0) is 87.6 Å². The number of ether oxygens (including phenoxy) is 5. The third-order valence-corrected chi connectivity index (χ3v) is 17.3. The highest BCUT2D eigenvalue weighted by Gasteiger charge is 2.72. The van der Waals surface area contributed by atoms with Gasteiger partial charge in [0.15, 0.2) is 0 Å². The molecule has 0 aromatic carbocycles. The number of hydrogen-bond donors (Lipinski definition) is 1. The molecule has 17 heteroatoms. The van der Waals surface area contributed by atoms with Gasteiger partial charge in [0.25, 0.3) is 0 Å². The van der Waals surface area contributed by atoms with E-state index in [9.17, 15) is 43.5 Å². The maximum atomic E-state index is 13.2. The number of halogens is 3. The van der Waals surface area contributed by atoms with Crippen molar-refractivity contribution in [2.45, 2.75) is 102 Å². The lowest BCUT2D eigenvalue weighted by Gasteiger charge is -2.33. The van der Waals surface area contributed by atoms with Crippen LogP contribution in [-0.2, 0) is 62.0 Å². The summed E-state index contributed by atoms with van der Waals surface area (Å²) in [7, 11) is 0. The minimum Gasteiger partial charge on any atom is -0.462 e. The molecule has 0 aromatic heterocycles. The van der Waals surface area contributed by atoms with E-state index in [-0.39, 0.29) is 100 Å². The molecule has 0 aromatic rings. The third-order valence-electron chi connectivity index (χ3n) is 17.0. The number of fused-ring (bicyclic) bond motifs is 4. The highest BCUT2D eigenvalue weighted by Crippen LogP contribution is 2.63. The van der Waals surface area contributed by atoms with Gasteiger partial charge in [0.05, 0.1) is 35.1 Å². The van der Waals surface area contributed by atoms with Crippen molar-refractivity contribution in [2.75, 3.05) is 5.34 Å². The standard InChI is InChI=1S/C22H24O7.C18H20O6.C4H5ClO.CH2Cl2/c1-7(2)20(24)28-18-12-5-13-16(22(26)29-19(13)18)15(12)21(25)27-17-8-3-9-10(4-8)14(23)6-11(9)17;19-11-4-8-6-1-5(2-7(6)11)15(8)23-17(21)12-9-3-10-13(12)18(22)24-16(10)14(9)20;1-3(2)4(5)6;2-1-3/h8-13,15-19H,1,3-6H2,2H3;5-10,12-16,20H,1-4H2;1H2,2H3;1H2. The lowest BCUT2D eigenvalue weighted by atomic mass is 9.78. The molecule has 0 spiro atoms. The van der Waals surface area contributed by atoms with Crippen LogP contribution < -0.4 is 0 Å². The van der Waals surface area contributed by atoms with Crippen molar-refractivity contribution in [2.24, 2.45) is 94.7 Å². The minimum absolute atomic E-state index is 0.0347. The molecule has 8 bridgehead atoms. The van der Waals surface area contributed by atoms with E-state index in [0.717, 1.165) is 25.7 Å². The predicted octanol–water partition coefficient (Wildman–Crippen LogP) is 4.50. The number of Topliss-reactive ketones (excluding diaryl/α,β-unsaturated/α-hetero) is 2. The molecule has 1 N–H and O–H groups in total. The number of esters is 5. The molecule has 10 aliphatic carbocycles. The molecule has 12 rings (SSSR count). The second-order valence-corrected chi connectivity index (χ2v) is 21.0. The molecule has 22 unspecified atom stereocenters. The molecule has 0 radical (unpaired) electrons. The molecule has 336 valence electrons. The molecule has 22 atom stereocenters. The lowest BCUT2D eigenvalue weighted by molar-refractivity contribution is -0.169. The van der Waals surface area contributed by atoms with Gasteiger partial charge in [0.2, 0.25) is 5.24 Å². The van der Waals surface area contributed by atoms with Crippen LogP contribution in [0.4, 0.5) is 0 Å². The second kappa shape index (κ2) is 16.3. The molecule has 14 nitrogen and oxygen atoms in total. The van der Waals surface area contributed by atoms with Gasteiger partial charge in [-0.25, -0.2) is 4.79 Å². The summed E-state index contributed by atoms with van der Waals surface area (Å²) in [6, 6.07) is 0. The van der Waals surface area contributed by atoms with Gasteiger partial charge in [-0.15, -0.1) is 23.2 Å². The van der Waals surface area contributed by atoms with Crippen molar-refractivity contribution in [3.05, 3.63) is 24.3 Å². The number of aliphatic hydroxyl groups is 1. The summed E-state index contributed by atoms with van der Waals surface area (Å²) in [6.07, 6.45) is 3.30. The van der Waals surface area contributed by atoms with Crippen LogP contribution in [0.3, 0.4) is 0 Å². The Morgan fingerprint density at radius 3 is 1.52 bits per heavy atom. The van der Waals surface area contributed by atoms with Crippen molar-refractivity contribution >= 4 is 81.5 Å². The number of hydrogen-bond acceptors (Lipinski definition) is 14. The largest absolute Gasteiger partial charge is 0.462 e. The molecule has 0 amide bonds. The number of aliphatic hydroxyl groups excluding tert-OH is 1. The average Bonchev–Trinajstić information content (AvgIpc) is 4.07. The van der Waals surface area contributed by atoms with Gasteiger partial charge in [-0.2, -0.15) is 0 Å². The normalized spacial score (nSPS) is 47.2. The molecular formula is C45H51Cl3O14. The molecule has 12 aliphatic rings. The second-order valence-electron chi connectivity index (χ2n) is 19.8. The van der Waals surface area contributed by atoms with Crippen molar-refractivity contribution in [1.82, 2.24) is 0 Å². The van der Waals surface area contributed by atoms with Crippen LogP contribution in [-0.4, -0.2) is 93.7 Å². The Hall–Kier alpha value is -3.33. The monoisotopic (exact) mass is 920 g/mol. The summed E-state index contributed by atoms with van der Waals surface area (Å²) >= 11 is 14.4. The van der Waals surface area contributed by atoms with Gasteiger partial charge < -0.3 is 28.8 Å². The van der Waals surface area contributed by atoms with Crippen LogP contribution in [0, 0.1) is 94.7 Å². The van der Waals surface area contributed by atoms with Crippen molar-refractivity contribution in [3.63, 3.8) is 0 Å². The molecular weight excluding hydrogens is 871 g/mol. The van der Waals surface area contributed by atoms with Crippen LogP contribution >= 0.6 is 34.8 Å². The highest BCUT2D eigenvalue weighted by atomic mass is 35.5. The molecule has 12 fully saturated rings. The van der Waals surface area contributed by atoms with Crippen molar-refractivity contribution in [1.29, 1.82) is 0 Å². The minimum atomic E-state index is -0.743. The fraction of sp³-hybridized carbons (Fsp3) is 0.733. The van der Waals surface area contributed by atoms with Crippen molar-refractivity contribution < 1.29 is 67.1 Å². The summed E-state index contributed by atoms with van der Waals surface area (Å²) in [5.74, 6) is -2.15. The highest BCUT2D eigenvalue weighted by molar-refractivity contribution is 6.67. The third kappa shape index (κ3) is 6.80. The van der Waals surface area contributed by atoms with E-state index < -0.39 is 59.3 Å². The van der Waals surface area contributed by atoms with Crippen LogP contribution in [0.1, 0.15) is 65.2 Å². The summed E-state index contributed by atoms with van der Waals surface area (Å²) in [5, 5.41) is 10.1. The first-order valence-electron chi connectivity index (χ1n) is 21.8. The number of ketones is 2. The van der Waals surface area contributed by atoms with E-state index in [0.29, 0.717) is 60.6 Å². The Bertz CT molecular complexity index is 2010. The van der Waals surface area contributed by atoms with E-state index in [2.05, 4.69) is 13.2 Å². The molecule has 2 heterocycles. The Morgan fingerprint density at radius 1 is 0.613 bits per heavy atom. The zero-order valence-corrected chi connectivity index (χ0v) is 36.6. The Balaban J connectivity index is 0.000000134. The summed E-state index contributed by atoms with van der Waals surface area (Å²) < 4.78 is 28.3. The maximum absolute atomic E-state index is 13.2. The average molecular weight is 922 g/mol. The summed E-state index contributed by atoms with van der Waals surface area (Å²) in [6.45, 7) is 10.0. The SMILES string of the molecule is C=C(C)C(=O)Cl.C=C(C)C(=O)OC1C2CC3C1OC(=O)C3C2C(=O)OC1C2CC3C(=O)CC1C3C2.ClCCl.O=C1CC2C3CC(CC13)C2OC(=O)C1C2CC3C(OC(=O)C31)C2O. The van der Waals surface area contributed by atoms with Gasteiger partial charge in [0, 0.05) is 71.3 Å². The summed E-state index contributed by atoms with van der Waals surface area (Å²) in [5.41, 5.74) is 0.659. The molecule has 10 saturated carbocycles. The van der Waals surface area contributed by atoms with E-state index in [1.165, 1.54) is 0 Å². The lowest BCUT2D eigenvalue weighted by Crippen LogP contribution is -2.45. The number of allylic oxidation sites excluding steroid dienone is 1. The van der Waals surface area contributed by atoms with Gasteiger partial charge in [-0.1, -0.05) is 13.2 Å². The number of carbonyl (C=O) groups is 8. The zero-order chi connectivity index (χ0) is 44.4. The summed E-state index contributed by atoms with van der Waals surface area (Å²) in [4.78, 5) is 96.8. The predicted molar refractivity (Wildman–Crippen MR) is 215 cm³/mol. The first-order chi connectivity index (χ1) is 29.4. The first kappa shape index (κ1) is 43.9. The van der Waals surface area contributed by atoms with Gasteiger partial charge >= 0.3 is 29.8 Å². The van der Waals surface area contributed by atoms with E-state index >= 15 is 0 Å². The fourth-order valence-electron chi connectivity index (χ4n) is 14.8. The number of alkyl halides is 2. The van der Waals surface area contributed by atoms with Crippen LogP contribution in [0.5, 0.6) is 0 Å². The Morgan fingerprint density at radius 2 is 1.05 bits per heavy atom. The van der Waals surface area contributed by atoms with E-state index in [1.807, 2.05) is 0 Å². The first-order valence-corrected chi connectivity index (χ1v) is 23.3. The maximum Gasteiger partial charge on any atom is 0.333 e. The topological polar surface area (TPSA) is 203 Å². The smallest absolute Gasteiger partial charge is 0.333 e. The van der Waals surface area contributed by atoms with Gasteiger partial charge in [0.1, 0.15) is 42.1 Å². The number of carbonyl (C=O) groups excluding carboxylic acids is 8. The molecule has 2 saturated heterocycles. The molecule has 2 aliphatic heterocycles. The zero-order valence-electron chi connectivity index (χ0n) is 34.4. The van der Waals surface area contributed by atoms with Crippen LogP contribution in [0.25, 0.3) is 0 Å². The molecule has 62 heavy (non-hydrogen) atoms. The Kier molecular flexibility index (Phi) is 11.5. The van der Waals surface area contributed by atoms with Crippen LogP contribution in [0.15, 0.2) is 24.3 Å².